The maximum atomic E-state index is 12.1. The van der Waals surface area contributed by atoms with Crippen LogP contribution in [0.25, 0.3) is 0 Å². The third kappa shape index (κ3) is 5.82. The molecule has 1 amide bonds. The van der Waals surface area contributed by atoms with Crippen LogP contribution in [-0.4, -0.2) is 37.8 Å². The van der Waals surface area contributed by atoms with Crippen LogP contribution in [0, 0.1) is 0 Å². The van der Waals surface area contributed by atoms with Crippen molar-refractivity contribution in [3.8, 4) is 5.75 Å². The van der Waals surface area contributed by atoms with Crippen molar-refractivity contribution in [2.24, 2.45) is 0 Å². The Balaban J connectivity index is 1.44. The van der Waals surface area contributed by atoms with E-state index in [1.807, 2.05) is 25.1 Å². The molecule has 0 unspecified atom stereocenters. The number of aryl methyl sites for hydroxylation is 1. The Hall–Kier alpha value is -2.86. The Morgan fingerprint density at radius 3 is 2.71 bits per heavy atom. The van der Waals surface area contributed by atoms with Gasteiger partial charge in [0.05, 0.1) is 11.7 Å². The van der Waals surface area contributed by atoms with Crippen LogP contribution in [0.1, 0.15) is 35.7 Å². The third-order valence-corrected chi connectivity index (χ3v) is 4.50. The molecular formula is C22H25NO5. The first-order chi connectivity index (χ1) is 13.6. The molecule has 0 radical (unpaired) electrons. The second-order valence-electron chi connectivity index (χ2n) is 6.65. The molecule has 0 spiro atoms. The zero-order valence-electron chi connectivity index (χ0n) is 16.0. The summed E-state index contributed by atoms with van der Waals surface area (Å²) in [5, 5.41) is 2.73. The Bertz CT molecular complexity index is 797. The summed E-state index contributed by atoms with van der Waals surface area (Å²) in [4.78, 5) is 24.1. The molecule has 1 fully saturated rings. The molecule has 3 rings (SSSR count). The van der Waals surface area contributed by atoms with Gasteiger partial charge < -0.3 is 19.5 Å². The van der Waals surface area contributed by atoms with E-state index < -0.39 is 5.97 Å². The van der Waals surface area contributed by atoms with Gasteiger partial charge in [-0.2, -0.15) is 0 Å². The zero-order chi connectivity index (χ0) is 19.8. The summed E-state index contributed by atoms with van der Waals surface area (Å²) < 4.78 is 16.3. The molecule has 0 aromatic heterocycles. The average Bonchev–Trinajstić information content (AvgIpc) is 3.24. The summed E-state index contributed by atoms with van der Waals surface area (Å²) in [7, 11) is 0. The normalized spacial score (nSPS) is 15.8. The van der Waals surface area contributed by atoms with E-state index in [0.29, 0.717) is 23.6 Å². The topological polar surface area (TPSA) is 73.9 Å². The van der Waals surface area contributed by atoms with Crippen molar-refractivity contribution in [1.29, 1.82) is 0 Å². The molecule has 0 saturated carbocycles. The molecule has 28 heavy (non-hydrogen) atoms. The van der Waals surface area contributed by atoms with Crippen molar-refractivity contribution >= 4 is 17.6 Å². The van der Waals surface area contributed by atoms with Gasteiger partial charge in [0.25, 0.3) is 5.91 Å². The summed E-state index contributed by atoms with van der Waals surface area (Å²) in [6, 6.07) is 14.2. The van der Waals surface area contributed by atoms with Crippen LogP contribution < -0.4 is 10.1 Å². The maximum absolute atomic E-state index is 12.1. The quantitative estimate of drug-likeness (QED) is 0.705. The number of amides is 1. The van der Waals surface area contributed by atoms with Crippen molar-refractivity contribution < 1.29 is 23.8 Å². The number of carbonyl (C=O) groups is 2. The van der Waals surface area contributed by atoms with Gasteiger partial charge in [0.1, 0.15) is 12.4 Å². The van der Waals surface area contributed by atoms with Crippen molar-refractivity contribution in [3.05, 3.63) is 59.7 Å². The van der Waals surface area contributed by atoms with Crippen LogP contribution in [0.3, 0.4) is 0 Å². The average molecular weight is 383 g/mol. The molecule has 1 atom stereocenters. The third-order valence-electron chi connectivity index (χ3n) is 4.50. The van der Waals surface area contributed by atoms with E-state index in [4.69, 9.17) is 14.2 Å². The van der Waals surface area contributed by atoms with Crippen LogP contribution in [-0.2, 0) is 20.7 Å². The van der Waals surface area contributed by atoms with E-state index in [2.05, 4.69) is 5.32 Å². The van der Waals surface area contributed by atoms with E-state index in [9.17, 15) is 9.59 Å². The fourth-order valence-electron chi connectivity index (χ4n) is 2.93. The van der Waals surface area contributed by atoms with Crippen molar-refractivity contribution in [3.63, 3.8) is 0 Å². The molecule has 1 saturated heterocycles. The van der Waals surface area contributed by atoms with E-state index in [0.717, 1.165) is 31.4 Å². The smallest absolute Gasteiger partial charge is 0.338 e. The van der Waals surface area contributed by atoms with Gasteiger partial charge in [0, 0.05) is 12.3 Å². The zero-order valence-corrected chi connectivity index (χ0v) is 16.0. The Labute approximate surface area is 164 Å². The summed E-state index contributed by atoms with van der Waals surface area (Å²) in [5.41, 5.74) is 2.18. The molecular weight excluding hydrogens is 358 g/mol. The van der Waals surface area contributed by atoms with Crippen LogP contribution in [0.2, 0.25) is 0 Å². The number of benzene rings is 2. The highest BCUT2D eigenvalue weighted by Gasteiger charge is 2.16. The van der Waals surface area contributed by atoms with Crippen LogP contribution >= 0.6 is 0 Å². The number of hydrogen-bond donors (Lipinski definition) is 1. The predicted octanol–water partition coefficient (Wildman–Crippen LogP) is 3.60. The maximum Gasteiger partial charge on any atom is 0.338 e. The largest absolute Gasteiger partial charge is 0.491 e. The molecule has 2 aromatic rings. The highest BCUT2D eigenvalue weighted by molar-refractivity contribution is 5.95. The molecule has 0 aliphatic carbocycles. The number of nitrogens with one attached hydrogen (secondary N) is 1. The second-order valence-corrected chi connectivity index (χ2v) is 6.65. The Morgan fingerprint density at radius 1 is 1.18 bits per heavy atom. The van der Waals surface area contributed by atoms with E-state index in [1.165, 1.54) is 0 Å². The first-order valence-corrected chi connectivity index (χ1v) is 9.54. The van der Waals surface area contributed by atoms with Gasteiger partial charge in [0.2, 0.25) is 0 Å². The van der Waals surface area contributed by atoms with Crippen LogP contribution in [0.4, 0.5) is 5.69 Å². The van der Waals surface area contributed by atoms with E-state index in [-0.39, 0.29) is 18.6 Å². The molecule has 1 aliphatic heterocycles. The van der Waals surface area contributed by atoms with Gasteiger partial charge in [-0.3, -0.25) is 4.79 Å². The number of esters is 1. The summed E-state index contributed by atoms with van der Waals surface area (Å²) in [6.07, 6.45) is 3.10. The molecule has 6 heteroatoms. The van der Waals surface area contributed by atoms with Gasteiger partial charge in [-0.05, 0) is 61.2 Å². The van der Waals surface area contributed by atoms with Crippen molar-refractivity contribution in [1.82, 2.24) is 0 Å². The van der Waals surface area contributed by atoms with E-state index >= 15 is 0 Å². The van der Waals surface area contributed by atoms with Gasteiger partial charge in [-0.15, -0.1) is 0 Å². The molecule has 1 N–H and O–H groups in total. The Kier molecular flexibility index (Phi) is 7.03. The monoisotopic (exact) mass is 383 g/mol. The van der Waals surface area contributed by atoms with E-state index in [1.54, 1.807) is 30.3 Å². The molecule has 1 heterocycles. The highest BCUT2D eigenvalue weighted by atomic mass is 16.5. The molecule has 148 valence electrons. The minimum absolute atomic E-state index is 0.140. The van der Waals surface area contributed by atoms with Gasteiger partial charge >= 0.3 is 5.97 Å². The lowest BCUT2D eigenvalue weighted by Crippen LogP contribution is -2.21. The Morgan fingerprint density at radius 2 is 2.00 bits per heavy atom. The highest BCUT2D eigenvalue weighted by Crippen LogP contribution is 2.17. The molecule has 1 aliphatic rings. The fourth-order valence-corrected chi connectivity index (χ4v) is 2.93. The second kappa shape index (κ2) is 9.90. The number of rotatable bonds is 8. The SMILES string of the molecule is CCc1cccc(NC(=O)COC(=O)c2ccc(OC[C@@H]3CCCO3)cc2)c1. The predicted molar refractivity (Wildman–Crippen MR) is 106 cm³/mol. The fraction of sp³-hybridized carbons (Fsp3) is 0.364. The molecule has 6 nitrogen and oxygen atoms in total. The number of anilines is 1. The lowest BCUT2D eigenvalue weighted by Gasteiger charge is -2.11. The summed E-state index contributed by atoms with van der Waals surface area (Å²) in [6.45, 7) is 2.99. The molecule has 2 aromatic carbocycles. The van der Waals surface area contributed by atoms with Gasteiger partial charge in [0.15, 0.2) is 6.61 Å². The van der Waals surface area contributed by atoms with Gasteiger partial charge in [-0.1, -0.05) is 19.1 Å². The summed E-state index contributed by atoms with van der Waals surface area (Å²) >= 11 is 0. The van der Waals surface area contributed by atoms with Crippen LogP contribution in [0.5, 0.6) is 5.75 Å². The standard InChI is InChI=1S/C22H25NO5/c1-2-16-5-3-6-18(13-16)23-21(24)15-28-22(25)17-8-10-19(11-9-17)27-14-20-7-4-12-26-20/h3,5-6,8-11,13,20H,2,4,7,12,14-15H2,1H3,(H,23,24)/t20-/m0/s1. The molecule has 0 bridgehead atoms. The first-order valence-electron chi connectivity index (χ1n) is 9.54. The van der Waals surface area contributed by atoms with Crippen molar-refractivity contribution in [2.45, 2.75) is 32.3 Å². The minimum Gasteiger partial charge on any atom is -0.491 e. The number of hydrogen-bond acceptors (Lipinski definition) is 5. The first kappa shape index (κ1) is 19.9. The lowest BCUT2D eigenvalue weighted by atomic mass is 10.1. The number of ether oxygens (including phenoxy) is 3. The van der Waals surface area contributed by atoms with Crippen LogP contribution in [0.15, 0.2) is 48.5 Å². The number of carbonyl (C=O) groups excluding carboxylic acids is 2. The van der Waals surface area contributed by atoms with Gasteiger partial charge in [-0.25, -0.2) is 4.79 Å². The lowest BCUT2D eigenvalue weighted by molar-refractivity contribution is -0.119. The van der Waals surface area contributed by atoms with Crippen molar-refractivity contribution in [2.75, 3.05) is 25.1 Å². The summed E-state index contributed by atoms with van der Waals surface area (Å²) in [5.74, 6) is -0.262. The minimum atomic E-state index is -0.553.